The van der Waals surface area contributed by atoms with E-state index in [2.05, 4.69) is 35.4 Å². The van der Waals surface area contributed by atoms with Gasteiger partial charge in [0.25, 0.3) is 0 Å². The van der Waals surface area contributed by atoms with Gasteiger partial charge in [-0.25, -0.2) is 0 Å². The van der Waals surface area contributed by atoms with Crippen LogP contribution in [0.5, 0.6) is 0 Å². The predicted molar refractivity (Wildman–Crippen MR) is 32.8 cm³/mol. The maximum atomic E-state index is 2.41. The third-order valence-electron chi connectivity index (χ3n) is 0. The van der Waals surface area contributed by atoms with Crippen molar-refractivity contribution in [2.75, 3.05) is 13.3 Å². The summed E-state index contributed by atoms with van der Waals surface area (Å²) in [5.41, 5.74) is 0.350. The first-order valence-corrected chi connectivity index (χ1v) is 6.08. The van der Waals surface area contributed by atoms with Gasteiger partial charge in [0.2, 0.25) is 0 Å². The summed E-state index contributed by atoms with van der Waals surface area (Å²) < 4.78 is 0. The number of hydrogen-bond acceptors (Lipinski definition) is 0. The molecule has 4 heavy (non-hydrogen) atoms. The monoisotopic (exact) mass is 188 g/mol. The molecule has 0 unspecified atom stereocenters. The van der Waals surface area contributed by atoms with Gasteiger partial charge in [0, 0.05) is 0 Å². The van der Waals surface area contributed by atoms with Crippen LogP contribution in [0, 0.1) is 0 Å². The lowest BCUT2D eigenvalue weighted by molar-refractivity contribution is 2.31. The van der Waals surface area contributed by atoms with Gasteiger partial charge in [-0.2, -0.15) is 0 Å². The van der Waals surface area contributed by atoms with Crippen LogP contribution >= 0.6 is 27.6 Å². The minimum absolute atomic E-state index is 0.350. The van der Waals surface area contributed by atoms with Crippen molar-refractivity contribution in [2.24, 2.45) is 0 Å². The van der Waals surface area contributed by atoms with Crippen LogP contribution in [0.25, 0.3) is 0 Å². The van der Waals surface area contributed by atoms with E-state index >= 15 is 0 Å². The van der Waals surface area contributed by atoms with E-state index in [-0.39, 0.29) is 0 Å². The lowest BCUT2D eigenvalue weighted by atomic mass is 11.9. The second-order valence-corrected chi connectivity index (χ2v) is 8.15. The lowest BCUT2D eigenvalue weighted by Gasteiger charge is -1.78. The van der Waals surface area contributed by atoms with Crippen LogP contribution in [0.1, 0.15) is 0 Å². The van der Waals surface area contributed by atoms with Crippen LogP contribution in [0.15, 0.2) is 0 Å². The topological polar surface area (TPSA) is 0 Å². The molecule has 0 nitrogen and oxygen atoms in total. The molecule has 0 saturated carbocycles. The van der Waals surface area contributed by atoms with Crippen molar-refractivity contribution in [1.29, 1.82) is 0 Å². The van der Waals surface area contributed by atoms with Crippen molar-refractivity contribution in [3.05, 3.63) is 0 Å². The first kappa shape index (κ1) is 5.16. The Morgan fingerprint density at radius 2 is 1.50 bits per heavy atom. The van der Waals surface area contributed by atoms with Crippen LogP contribution in [0.3, 0.4) is 0 Å². The Balaban J connectivity index is 2.32. The zero-order chi connectivity index (χ0) is 3.58. The maximum absolute atomic E-state index is 2.41. The molecule has 2 heteroatoms. The molecule has 0 N–H and O–H groups in total. The van der Waals surface area contributed by atoms with Crippen LogP contribution in [-0.4, -0.2) is 13.3 Å². The average Bonchev–Trinajstić information content (AvgIpc) is 0.811. The molecule has 0 heterocycles. The van der Waals surface area contributed by atoms with E-state index in [1.165, 1.54) is 0 Å². The highest BCUT2D eigenvalue weighted by molar-refractivity contribution is 14.2. The van der Waals surface area contributed by atoms with Crippen molar-refractivity contribution in [3.8, 4) is 0 Å². The van der Waals surface area contributed by atoms with Gasteiger partial charge in [0.1, 0.15) is 0 Å². The fraction of sp³-hybridized carbons (Fsp3) is 1.00. The van der Waals surface area contributed by atoms with E-state index in [0.29, 0.717) is 5.56 Å². The normalized spacial score (nSPS) is 9.00. The average molecular weight is 188 g/mol. The van der Waals surface area contributed by atoms with E-state index in [0.717, 1.165) is 0 Å². The van der Waals surface area contributed by atoms with Crippen LogP contribution in [0.2, 0.25) is 0 Å². The molecule has 0 aliphatic rings. The zero-order valence-electron chi connectivity index (χ0n) is 2.83. The van der Waals surface area contributed by atoms with E-state index in [1.54, 1.807) is 0 Å². The molecule has 0 radical (unpaired) electrons. The predicted octanol–water partition coefficient (Wildman–Crippen LogP) is 2.08. The fourth-order valence-corrected chi connectivity index (χ4v) is 0. The van der Waals surface area contributed by atoms with E-state index in [9.17, 15) is 0 Å². The molecule has 0 fully saturated rings. The summed E-state index contributed by atoms with van der Waals surface area (Å²) in [7, 11) is 0. The summed E-state index contributed by atoms with van der Waals surface area (Å²) in [4.78, 5) is 0. The number of rotatable bonds is 0. The van der Waals surface area contributed by atoms with Crippen LogP contribution in [0.4, 0.5) is 0 Å². The molecular weight excluding hydrogens is 182 g/mol. The number of hydrogen-bond donors (Lipinski definition) is 0. The Labute approximate surface area is 41.2 Å². The molecule has 0 amide bonds. The highest BCUT2D eigenvalue weighted by atomic mass is 127. The Kier molecular flexibility index (Phi) is 3.10. The molecular formula is C2H6IP. The Bertz CT molecular complexity index is 10.8. The molecule has 0 aromatic carbocycles. The summed E-state index contributed by atoms with van der Waals surface area (Å²) in [6.07, 6.45) is 0. The molecule has 0 aromatic rings. The highest BCUT2D eigenvalue weighted by Gasteiger charge is 1.69. The van der Waals surface area contributed by atoms with Gasteiger partial charge in [0.15, 0.2) is 0 Å². The van der Waals surface area contributed by atoms with Crippen molar-refractivity contribution >= 4 is 27.6 Å². The first-order valence-electron chi connectivity index (χ1n) is 1.06. The summed E-state index contributed by atoms with van der Waals surface area (Å²) in [5.74, 6) is 0. The Hall–Kier alpha value is 1.16. The van der Waals surface area contributed by atoms with Gasteiger partial charge < -0.3 is 0 Å². The molecule has 0 bridgehead atoms. The van der Waals surface area contributed by atoms with Crippen LogP contribution < -0.4 is 0 Å². The van der Waals surface area contributed by atoms with Crippen molar-refractivity contribution in [3.63, 3.8) is 0 Å². The third-order valence-corrected chi connectivity index (χ3v) is 0. The molecule has 0 saturated heterocycles. The van der Waals surface area contributed by atoms with Crippen LogP contribution in [-0.2, 0) is 0 Å². The third kappa shape index (κ3) is 11.0. The van der Waals surface area contributed by atoms with Crippen molar-refractivity contribution in [1.82, 2.24) is 0 Å². The van der Waals surface area contributed by atoms with Gasteiger partial charge in [-0.3, -0.25) is 0 Å². The molecule has 26 valence electrons. The summed E-state index contributed by atoms with van der Waals surface area (Å²) in [6, 6.07) is 0. The lowest BCUT2D eigenvalue weighted by Crippen LogP contribution is -1.34. The fourth-order valence-electron chi connectivity index (χ4n) is 0. The Morgan fingerprint density at radius 3 is 1.50 bits per heavy atom. The quantitative estimate of drug-likeness (QED) is 0.403. The van der Waals surface area contributed by atoms with Gasteiger partial charge in [-0.15, -0.1) is 0 Å². The van der Waals surface area contributed by atoms with E-state index < -0.39 is 0 Å². The minimum atomic E-state index is 0.350. The van der Waals surface area contributed by atoms with Gasteiger partial charge >= 0.3 is 0 Å². The summed E-state index contributed by atoms with van der Waals surface area (Å²) in [5, 5.41) is 0. The second kappa shape index (κ2) is 2.40. The maximum Gasteiger partial charge on any atom is -0.0356 e. The highest BCUT2D eigenvalue weighted by Crippen LogP contribution is 2.34. The molecule has 0 rings (SSSR count). The van der Waals surface area contributed by atoms with E-state index in [1.807, 2.05) is 0 Å². The molecule has 0 atom stereocenters. The molecule has 0 aliphatic heterocycles. The minimum Gasteiger partial charge on any atom is -0.0541 e. The largest absolute Gasteiger partial charge is 0.0541 e. The molecule has 0 aliphatic carbocycles. The first-order chi connectivity index (χ1) is 1.73. The van der Waals surface area contributed by atoms with Crippen molar-refractivity contribution < 1.29 is 0 Å². The van der Waals surface area contributed by atoms with E-state index in [4.69, 9.17) is 0 Å². The zero-order valence-corrected chi connectivity index (χ0v) is 5.88. The molecule has 0 spiro atoms. The van der Waals surface area contributed by atoms with Gasteiger partial charge in [-0.05, 0) is 18.9 Å². The Morgan fingerprint density at radius 1 is 1.50 bits per heavy atom. The second-order valence-electron chi connectivity index (χ2n) is 0.785. The summed E-state index contributed by atoms with van der Waals surface area (Å²) in [6.45, 7) is 4.44. The summed E-state index contributed by atoms with van der Waals surface area (Å²) >= 11 is 2.41. The smallest absolute Gasteiger partial charge is 0.0356 e. The van der Waals surface area contributed by atoms with Crippen molar-refractivity contribution in [2.45, 2.75) is 0 Å². The molecule has 0 aromatic heterocycles. The van der Waals surface area contributed by atoms with Gasteiger partial charge in [-0.1, -0.05) is 22.0 Å². The standard InChI is InChI=1S/C2H6IP/c1-4(2)3/h1-2H3. The number of halogens is 1. The SMILES string of the molecule is CP(C)I. The van der Waals surface area contributed by atoms with Gasteiger partial charge in [0.05, 0.1) is 0 Å².